The molecule has 5 heterocycles. The van der Waals surface area contributed by atoms with Crippen LogP contribution in [0, 0.1) is 6.92 Å². The summed E-state index contributed by atoms with van der Waals surface area (Å²) in [6, 6.07) is 11.3. The van der Waals surface area contributed by atoms with Crippen LogP contribution < -0.4 is 15.6 Å². The van der Waals surface area contributed by atoms with Gasteiger partial charge in [0.15, 0.2) is 11.1 Å². The van der Waals surface area contributed by atoms with Gasteiger partial charge >= 0.3 is 0 Å². The first-order chi connectivity index (χ1) is 15.7. The molecule has 1 saturated heterocycles. The molecule has 0 unspecified atom stereocenters. The molecule has 32 heavy (non-hydrogen) atoms. The highest BCUT2D eigenvalue weighted by molar-refractivity contribution is 5.85. The number of pyridine rings is 4. The average Bonchev–Trinajstić information content (AvgIpc) is 3.10. The van der Waals surface area contributed by atoms with Gasteiger partial charge in [-0.3, -0.25) is 19.3 Å². The lowest BCUT2D eigenvalue weighted by atomic mass is 10.1. The lowest BCUT2D eigenvalue weighted by Gasteiger charge is -2.24. The Bertz CT molecular complexity index is 1280. The van der Waals surface area contributed by atoms with E-state index in [2.05, 4.69) is 26.3 Å². The van der Waals surface area contributed by atoms with E-state index in [1.807, 2.05) is 35.8 Å². The van der Waals surface area contributed by atoms with Crippen molar-refractivity contribution in [1.82, 2.24) is 19.5 Å². The van der Waals surface area contributed by atoms with Gasteiger partial charge in [-0.05, 0) is 55.7 Å². The van der Waals surface area contributed by atoms with Crippen molar-refractivity contribution in [3.05, 3.63) is 77.0 Å². The molecule has 162 valence electrons. The Labute approximate surface area is 186 Å². The summed E-state index contributed by atoms with van der Waals surface area (Å²) in [4.78, 5) is 29.1. The molecule has 4 aromatic rings. The van der Waals surface area contributed by atoms with Gasteiger partial charge in [0, 0.05) is 31.5 Å². The van der Waals surface area contributed by atoms with Gasteiger partial charge in [-0.1, -0.05) is 12.8 Å². The number of rotatable bonds is 4. The predicted molar refractivity (Wildman–Crippen MR) is 128 cm³/mol. The standard InChI is InChI=1S/C25H26N6O/c1-18-14-22(30-12-4-2-3-5-13-30)29-25-24(18)21(32)15-23(28-19-8-6-10-26-16-19)31(25)20-9-7-11-27-17-20/h6-11,14-17,28H,2-5,12-13H2,1H3. The number of nitrogens with zero attached hydrogens (tertiary/aromatic N) is 5. The van der Waals surface area contributed by atoms with Crippen LogP contribution in [0.3, 0.4) is 0 Å². The minimum atomic E-state index is -0.0565. The van der Waals surface area contributed by atoms with Crippen LogP contribution >= 0.6 is 0 Å². The van der Waals surface area contributed by atoms with Crippen molar-refractivity contribution in [2.45, 2.75) is 32.6 Å². The molecular weight excluding hydrogens is 400 g/mol. The zero-order valence-electron chi connectivity index (χ0n) is 18.2. The molecule has 0 bridgehead atoms. The van der Waals surface area contributed by atoms with Crippen molar-refractivity contribution in [1.29, 1.82) is 0 Å². The van der Waals surface area contributed by atoms with Crippen LogP contribution in [0.1, 0.15) is 31.2 Å². The fourth-order valence-electron chi connectivity index (χ4n) is 4.37. The smallest absolute Gasteiger partial charge is 0.193 e. The Morgan fingerprint density at radius 2 is 1.69 bits per heavy atom. The summed E-state index contributed by atoms with van der Waals surface area (Å²) < 4.78 is 1.98. The highest BCUT2D eigenvalue weighted by Crippen LogP contribution is 2.28. The van der Waals surface area contributed by atoms with Crippen molar-refractivity contribution in [2.24, 2.45) is 0 Å². The van der Waals surface area contributed by atoms with Gasteiger partial charge in [0.1, 0.15) is 11.6 Å². The topological polar surface area (TPSA) is 75.9 Å². The van der Waals surface area contributed by atoms with Crippen molar-refractivity contribution >= 4 is 28.4 Å². The van der Waals surface area contributed by atoms with Crippen LogP contribution in [0.4, 0.5) is 17.3 Å². The second-order valence-corrected chi connectivity index (χ2v) is 8.20. The van der Waals surface area contributed by atoms with Crippen LogP contribution in [0.15, 0.2) is 66.0 Å². The zero-order valence-corrected chi connectivity index (χ0v) is 18.2. The van der Waals surface area contributed by atoms with Crippen LogP contribution in [0.2, 0.25) is 0 Å². The summed E-state index contributed by atoms with van der Waals surface area (Å²) in [6.07, 6.45) is 11.8. The number of hydrogen-bond acceptors (Lipinski definition) is 6. The molecule has 7 nitrogen and oxygen atoms in total. The largest absolute Gasteiger partial charge is 0.357 e. The van der Waals surface area contributed by atoms with E-state index in [1.165, 1.54) is 12.8 Å². The number of hydrogen-bond donors (Lipinski definition) is 1. The van der Waals surface area contributed by atoms with Gasteiger partial charge in [0.2, 0.25) is 0 Å². The maximum atomic E-state index is 13.2. The fraction of sp³-hybridized carbons (Fsp3) is 0.280. The lowest BCUT2D eigenvalue weighted by Crippen LogP contribution is -2.26. The summed E-state index contributed by atoms with van der Waals surface area (Å²) in [7, 11) is 0. The van der Waals surface area contributed by atoms with Crippen LogP contribution in [-0.2, 0) is 0 Å². The number of nitrogens with one attached hydrogen (secondary N) is 1. The molecule has 1 N–H and O–H groups in total. The van der Waals surface area contributed by atoms with Gasteiger partial charge in [0.05, 0.1) is 29.2 Å². The van der Waals surface area contributed by atoms with E-state index in [9.17, 15) is 4.79 Å². The van der Waals surface area contributed by atoms with E-state index < -0.39 is 0 Å². The lowest BCUT2D eigenvalue weighted by molar-refractivity contribution is 0.726. The summed E-state index contributed by atoms with van der Waals surface area (Å²) in [5, 5.41) is 3.98. The highest BCUT2D eigenvalue weighted by atomic mass is 16.1. The molecule has 0 atom stereocenters. The minimum Gasteiger partial charge on any atom is -0.357 e. The molecule has 1 fully saturated rings. The second-order valence-electron chi connectivity index (χ2n) is 8.20. The van der Waals surface area contributed by atoms with E-state index in [-0.39, 0.29) is 5.43 Å². The van der Waals surface area contributed by atoms with Crippen LogP contribution in [0.5, 0.6) is 0 Å². The molecule has 0 spiro atoms. The molecule has 1 aliphatic heterocycles. The average molecular weight is 427 g/mol. The first-order valence-corrected chi connectivity index (χ1v) is 11.1. The molecule has 1 aliphatic rings. The van der Waals surface area contributed by atoms with E-state index >= 15 is 0 Å². The molecule has 5 rings (SSSR count). The van der Waals surface area contributed by atoms with Gasteiger partial charge in [0.25, 0.3) is 0 Å². The number of anilines is 3. The van der Waals surface area contributed by atoms with Gasteiger partial charge in [-0.15, -0.1) is 0 Å². The number of fused-ring (bicyclic) bond motifs is 1. The minimum absolute atomic E-state index is 0.0565. The SMILES string of the molecule is Cc1cc(N2CCCCCC2)nc2c1c(=O)cc(Nc1cccnc1)n2-c1cccnc1. The molecular formula is C25H26N6O. The first-order valence-electron chi connectivity index (χ1n) is 11.1. The summed E-state index contributed by atoms with van der Waals surface area (Å²) in [6.45, 7) is 3.97. The molecule has 4 aromatic heterocycles. The Morgan fingerprint density at radius 1 is 0.938 bits per heavy atom. The van der Waals surface area contributed by atoms with Crippen LogP contribution in [0.25, 0.3) is 16.7 Å². The maximum absolute atomic E-state index is 13.2. The van der Waals surface area contributed by atoms with E-state index in [1.54, 1.807) is 30.9 Å². The monoisotopic (exact) mass is 426 g/mol. The second kappa shape index (κ2) is 8.78. The molecule has 0 saturated carbocycles. The Balaban J connectivity index is 1.75. The van der Waals surface area contributed by atoms with Gasteiger partial charge in [-0.25, -0.2) is 4.98 Å². The van der Waals surface area contributed by atoms with E-state index in [0.717, 1.165) is 48.7 Å². The molecule has 0 aromatic carbocycles. The Kier molecular flexibility index (Phi) is 5.54. The van der Waals surface area contributed by atoms with Gasteiger partial charge < -0.3 is 10.2 Å². The Hall–Kier alpha value is -3.74. The summed E-state index contributed by atoms with van der Waals surface area (Å²) >= 11 is 0. The highest BCUT2D eigenvalue weighted by Gasteiger charge is 2.19. The third kappa shape index (κ3) is 3.93. The predicted octanol–water partition coefficient (Wildman–Crippen LogP) is 4.61. The maximum Gasteiger partial charge on any atom is 0.193 e. The quantitative estimate of drug-likeness (QED) is 0.514. The molecule has 0 aliphatic carbocycles. The molecule has 0 radical (unpaired) electrons. The summed E-state index contributed by atoms with van der Waals surface area (Å²) in [5.41, 5.74) is 3.15. The molecule has 7 heteroatoms. The fourth-order valence-corrected chi connectivity index (χ4v) is 4.37. The first kappa shape index (κ1) is 20.2. The summed E-state index contributed by atoms with van der Waals surface area (Å²) in [5.74, 6) is 1.55. The van der Waals surface area contributed by atoms with Crippen molar-refractivity contribution in [2.75, 3.05) is 23.3 Å². The molecule has 0 amide bonds. The third-order valence-electron chi connectivity index (χ3n) is 5.92. The van der Waals surface area contributed by atoms with Crippen molar-refractivity contribution < 1.29 is 0 Å². The zero-order chi connectivity index (χ0) is 21.9. The van der Waals surface area contributed by atoms with Gasteiger partial charge in [-0.2, -0.15) is 0 Å². The number of aromatic nitrogens is 4. The van der Waals surface area contributed by atoms with Crippen molar-refractivity contribution in [3.8, 4) is 5.69 Å². The normalized spacial score (nSPS) is 14.3. The number of aryl methyl sites for hydroxylation is 1. The van der Waals surface area contributed by atoms with E-state index in [4.69, 9.17) is 4.98 Å². The van der Waals surface area contributed by atoms with E-state index in [0.29, 0.717) is 16.9 Å². The van der Waals surface area contributed by atoms with Crippen LogP contribution in [-0.4, -0.2) is 32.6 Å². The Morgan fingerprint density at radius 3 is 2.38 bits per heavy atom. The third-order valence-corrected chi connectivity index (χ3v) is 5.92. The van der Waals surface area contributed by atoms with Crippen molar-refractivity contribution in [3.63, 3.8) is 0 Å².